The number of fused-ring (bicyclic) bond motifs is 1. The second-order valence-corrected chi connectivity index (χ2v) is 22.6. The number of amides is 10. The summed E-state index contributed by atoms with van der Waals surface area (Å²) in [7, 11) is 1.49. The molecule has 28 nitrogen and oxygen atoms in total. The number of nitrogens with zero attached hydrogens (tertiary/aromatic N) is 2. The molecule has 28 heteroatoms. The Morgan fingerprint density at radius 3 is 1.98 bits per heavy atom. The van der Waals surface area contributed by atoms with E-state index in [0.29, 0.717) is 17.5 Å². The molecule has 0 radical (unpaired) electrons. The Bertz CT molecular complexity index is 3160. The Labute approximate surface area is 515 Å². The van der Waals surface area contributed by atoms with E-state index in [0.717, 1.165) is 21.4 Å². The van der Waals surface area contributed by atoms with E-state index >= 15 is 0 Å². The summed E-state index contributed by atoms with van der Waals surface area (Å²) < 4.78 is 0. The van der Waals surface area contributed by atoms with Crippen LogP contribution < -0.4 is 59.7 Å². The highest BCUT2D eigenvalue weighted by Crippen LogP contribution is 2.24. The molecule has 0 unspecified atom stereocenters. The first kappa shape index (κ1) is 70.3. The number of aromatic amines is 1. The van der Waals surface area contributed by atoms with Gasteiger partial charge in [0.05, 0.1) is 36.8 Å². The van der Waals surface area contributed by atoms with Crippen LogP contribution in [0.4, 0.5) is 9.59 Å². The van der Waals surface area contributed by atoms with Crippen molar-refractivity contribution in [3.8, 4) is 5.75 Å². The smallest absolute Gasteiger partial charge is 0.315 e. The minimum Gasteiger partial charge on any atom is -0.508 e. The number of nitrogens with one attached hydrogen (secondary N) is 9. The second-order valence-electron chi connectivity index (χ2n) is 22.6. The van der Waals surface area contributed by atoms with E-state index in [2.05, 4.69) is 52.5 Å². The summed E-state index contributed by atoms with van der Waals surface area (Å²) in [4.78, 5) is 158. The molecule has 4 aromatic rings. The third kappa shape index (κ3) is 22.3. The van der Waals surface area contributed by atoms with Crippen LogP contribution in [0.1, 0.15) is 82.9 Å². The molecular formula is C61H84N14O14. The lowest BCUT2D eigenvalue weighted by molar-refractivity contribution is -0.142. The van der Waals surface area contributed by atoms with Gasteiger partial charge in [0.25, 0.3) is 0 Å². The molecule has 5 rings (SSSR count). The van der Waals surface area contributed by atoms with Crippen LogP contribution in [0.2, 0.25) is 0 Å². The number of carbonyl (C=O) groups is 11. The van der Waals surface area contributed by atoms with Crippen molar-refractivity contribution in [2.45, 2.75) is 134 Å². The first-order chi connectivity index (χ1) is 42.2. The van der Waals surface area contributed by atoms with E-state index in [1.54, 1.807) is 36.5 Å². The van der Waals surface area contributed by atoms with Crippen molar-refractivity contribution in [1.29, 1.82) is 0 Å². The molecule has 1 aromatic heterocycles. The van der Waals surface area contributed by atoms with E-state index < -0.39 is 145 Å². The normalized spacial score (nSPS) is 16.7. The lowest BCUT2D eigenvalue weighted by Gasteiger charge is -2.30. The van der Waals surface area contributed by atoms with Gasteiger partial charge in [-0.25, -0.2) is 9.59 Å². The number of guanidine groups is 1. The van der Waals surface area contributed by atoms with Crippen LogP contribution >= 0.6 is 0 Å². The number of phenols is 1. The second kappa shape index (κ2) is 34.2. The van der Waals surface area contributed by atoms with Gasteiger partial charge in [0, 0.05) is 88.7 Å². The van der Waals surface area contributed by atoms with Crippen LogP contribution in [0.15, 0.2) is 90.1 Å². The van der Waals surface area contributed by atoms with Crippen LogP contribution in [0.25, 0.3) is 10.9 Å². The van der Waals surface area contributed by atoms with Gasteiger partial charge in [-0.1, -0.05) is 74.5 Å². The molecular weight excluding hydrogens is 1150 g/mol. The van der Waals surface area contributed by atoms with Crippen molar-refractivity contribution in [2.24, 2.45) is 39.9 Å². The molecule has 1 saturated heterocycles. The van der Waals surface area contributed by atoms with Crippen molar-refractivity contribution in [3.05, 3.63) is 102 Å². The molecule has 89 heavy (non-hydrogen) atoms. The molecule has 3 aromatic carbocycles. The number of hydrogen-bond donors (Lipinski definition) is 15. The van der Waals surface area contributed by atoms with Crippen LogP contribution in [0.5, 0.6) is 5.75 Å². The van der Waals surface area contributed by atoms with Crippen molar-refractivity contribution >= 4 is 81.7 Å². The minimum atomic E-state index is -1.64. The number of aliphatic hydroxyl groups excluding tert-OH is 2. The summed E-state index contributed by atoms with van der Waals surface area (Å²) in [6.07, 6.45) is -2.08. The number of aliphatic hydroxyl groups is 2. The molecule has 0 aliphatic carbocycles. The van der Waals surface area contributed by atoms with E-state index in [1.165, 1.54) is 45.2 Å². The summed E-state index contributed by atoms with van der Waals surface area (Å²) in [5.74, 6) is -9.54. The van der Waals surface area contributed by atoms with Crippen molar-refractivity contribution < 1.29 is 68.1 Å². The number of Topliss-reactive ketones (excluding diaryl/α,β-unsaturated/α-hetero) is 3. The van der Waals surface area contributed by atoms with Gasteiger partial charge in [-0.2, -0.15) is 0 Å². The van der Waals surface area contributed by atoms with E-state index in [4.69, 9.17) is 17.2 Å². The number of β-amino-alcohol motifs (C(OH)–C–C–N with tert-alkyl or cyclic N) is 1. The van der Waals surface area contributed by atoms with Crippen molar-refractivity contribution in [2.75, 3.05) is 33.2 Å². The molecule has 1 aliphatic heterocycles. The number of aliphatic imine (C=N–C) groups is 1. The number of ketones is 3. The number of likely N-dealkylation sites (tertiary alicyclic amines) is 1. The fourth-order valence-electron chi connectivity index (χ4n) is 10.4. The highest BCUT2D eigenvalue weighted by molar-refractivity contribution is 5.99. The third-order valence-corrected chi connectivity index (χ3v) is 15.1. The highest BCUT2D eigenvalue weighted by atomic mass is 16.3. The van der Waals surface area contributed by atoms with Gasteiger partial charge < -0.3 is 84.9 Å². The van der Waals surface area contributed by atoms with Crippen LogP contribution in [0, 0.1) is 17.8 Å². The number of rotatable bonds is 34. The largest absolute Gasteiger partial charge is 0.508 e. The quantitative estimate of drug-likeness (QED) is 0.0153. The van der Waals surface area contributed by atoms with Gasteiger partial charge in [0.2, 0.25) is 35.4 Å². The molecule has 10 amide bonds. The number of benzene rings is 3. The number of aromatic nitrogens is 1. The van der Waals surface area contributed by atoms with Crippen molar-refractivity contribution in [1.82, 2.24) is 52.4 Å². The predicted octanol–water partition coefficient (Wildman–Crippen LogP) is -0.895. The van der Waals surface area contributed by atoms with E-state index in [-0.39, 0.29) is 75.7 Å². The molecule has 2 heterocycles. The molecule has 1 fully saturated rings. The lowest BCUT2D eigenvalue weighted by Crippen LogP contribution is -2.57. The number of para-hydroxylation sites is 1. The van der Waals surface area contributed by atoms with Crippen LogP contribution in [-0.4, -0.2) is 178 Å². The summed E-state index contributed by atoms with van der Waals surface area (Å²) in [6, 6.07) is 11.7. The Morgan fingerprint density at radius 1 is 0.697 bits per heavy atom. The van der Waals surface area contributed by atoms with E-state index in [9.17, 15) is 68.1 Å². The standard InChI is InChI=1S/C61H84N14O14/c1-33(2)22-45(51(80)26-38(14-11-21-66-59(63)65-5)55(84)72-47(54(62)83)25-39-29-67-44-16-10-9-15-42(39)44)74-61(89)69-31-53(82)46(23-36-12-7-6-8-13-36)71-56(85)43(34(3)76)28-52(81)49(30-68-60(64)88)73-57(86)50-27-41(79)32-75(50)58(87)48(70-35(4)77)24-37-17-19-40(78)20-18-37/h6-10,12-13,15-20,29,33-34,38,41,43,45-50,67,76,78-79H,11,14,21-28,30-32H2,1-5H3,(H2,62,83)(H,70,77)(H,71,85)(H,72,84)(H,73,86)(H3,63,65,66)(H3,64,68,88)(H2,69,74,89)/t34-,38-,41-,43+,45+,46+,47+,48-,49+,50+/m1/s1. The Hall–Kier alpha value is -9.44. The zero-order valence-corrected chi connectivity index (χ0v) is 50.6. The van der Waals surface area contributed by atoms with Crippen molar-refractivity contribution in [3.63, 3.8) is 0 Å². The number of urea groups is 2. The molecule has 0 spiro atoms. The third-order valence-electron chi connectivity index (χ3n) is 15.1. The van der Waals surface area contributed by atoms with Gasteiger partial charge in [0.1, 0.15) is 29.9 Å². The Morgan fingerprint density at radius 2 is 1.34 bits per heavy atom. The zero-order chi connectivity index (χ0) is 65.5. The maximum absolute atomic E-state index is 14.3. The first-order valence-corrected chi connectivity index (χ1v) is 29.4. The first-order valence-electron chi connectivity index (χ1n) is 29.4. The Kier molecular flexibility index (Phi) is 27.0. The van der Waals surface area contributed by atoms with Crippen LogP contribution in [0.3, 0.4) is 0 Å². The maximum Gasteiger partial charge on any atom is 0.315 e. The Balaban J connectivity index is 1.28. The zero-order valence-electron chi connectivity index (χ0n) is 50.6. The lowest BCUT2D eigenvalue weighted by atomic mass is 9.90. The monoisotopic (exact) mass is 1240 g/mol. The fraction of sp³-hybridized carbons (Fsp3) is 0.475. The van der Waals surface area contributed by atoms with Gasteiger partial charge in [-0.05, 0) is 73.4 Å². The average molecular weight is 1240 g/mol. The number of hydrogen-bond acceptors (Lipinski definition) is 15. The van der Waals surface area contributed by atoms with Crippen LogP contribution in [-0.2, 0) is 62.4 Å². The van der Waals surface area contributed by atoms with E-state index in [1.807, 2.05) is 38.1 Å². The summed E-state index contributed by atoms with van der Waals surface area (Å²) >= 11 is 0. The molecule has 18 N–H and O–H groups in total. The number of nitrogens with two attached hydrogens (primary N) is 3. The minimum absolute atomic E-state index is 0.0401. The number of carbonyl (C=O) groups excluding carboxylic acids is 11. The SMILES string of the molecule is CN=C(N)NCCC[C@H](CC(=O)[C@H](CC(C)C)NC(=O)NCC(=O)[C@H](Cc1ccccc1)NC(=O)[C@@H](CC(=O)[C@H](CNC(N)=O)NC(=O)[C@@H]1C[C@@H](O)CN1C(=O)[C@@H](Cc1ccc(O)cc1)NC(C)=O)[C@@H](C)O)C(=O)N[C@@H](Cc1c[nH]c2ccccc12)C(N)=O. The molecule has 0 bridgehead atoms. The van der Waals surface area contributed by atoms with Gasteiger partial charge >= 0.3 is 12.1 Å². The fourth-order valence-corrected chi connectivity index (χ4v) is 10.4. The maximum atomic E-state index is 14.3. The summed E-state index contributed by atoms with van der Waals surface area (Å²) in [6.45, 7) is 4.65. The number of primary amides is 2. The predicted molar refractivity (Wildman–Crippen MR) is 328 cm³/mol. The number of phenolic OH excluding ortho intramolecular Hbond substituents is 1. The van der Waals surface area contributed by atoms with Gasteiger partial charge in [0.15, 0.2) is 23.3 Å². The highest BCUT2D eigenvalue weighted by Gasteiger charge is 2.43. The molecule has 1 aliphatic rings. The molecule has 10 atom stereocenters. The number of aromatic hydroxyl groups is 1. The van der Waals surface area contributed by atoms with Gasteiger partial charge in [-0.3, -0.25) is 48.1 Å². The average Bonchev–Trinajstić information content (AvgIpc) is 2.21. The summed E-state index contributed by atoms with van der Waals surface area (Å²) in [5.41, 5.74) is 19.6. The molecule has 482 valence electrons. The molecule has 0 saturated carbocycles. The topological polar surface area (TPSA) is 454 Å². The van der Waals surface area contributed by atoms with Gasteiger partial charge in [-0.15, -0.1) is 0 Å². The number of H-pyrrole nitrogens is 1. The summed E-state index contributed by atoms with van der Waals surface area (Å²) in [5, 5.41) is 53.0.